The number of rotatable bonds is 30. The van der Waals surface area contributed by atoms with Gasteiger partial charge in [0, 0.05) is 19.4 Å². The molecule has 3 N–H and O–H groups in total. The Kier molecular flexibility index (Phi) is 28.5. The fourth-order valence-corrected chi connectivity index (χ4v) is 4.88. The third-order valence-corrected chi connectivity index (χ3v) is 7.60. The van der Waals surface area contributed by atoms with Gasteiger partial charge in [-0.25, -0.2) is 4.57 Å². The Labute approximate surface area is 255 Å². The van der Waals surface area contributed by atoms with Crippen LogP contribution in [0.1, 0.15) is 136 Å². The molecule has 0 aromatic carbocycles. The number of amides is 1. The number of phosphoric acid groups is 1. The first-order chi connectivity index (χ1) is 20.3. The highest BCUT2D eigenvalue weighted by molar-refractivity contribution is 7.47. The summed E-state index contributed by atoms with van der Waals surface area (Å²) in [7, 11) is -4.40. The monoisotopic (exact) mass is 617 g/mol. The van der Waals surface area contributed by atoms with E-state index in [1.54, 1.807) is 0 Å². The average molecular weight is 618 g/mol. The SMILES string of the molecule is CCC/C=C\C/C=C\CCCCCCCC(=O)OCC(O)COP(=O)(O)OCCNC(=O)CCCCCCCCCC. The minimum absolute atomic E-state index is 0.0813. The van der Waals surface area contributed by atoms with Crippen LogP contribution in [0.15, 0.2) is 24.3 Å². The van der Waals surface area contributed by atoms with Crippen molar-refractivity contribution in [3.05, 3.63) is 24.3 Å². The largest absolute Gasteiger partial charge is 0.472 e. The van der Waals surface area contributed by atoms with Crippen LogP contribution in [-0.2, 0) is 27.9 Å². The zero-order chi connectivity index (χ0) is 31.2. The van der Waals surface area contributed by atoms with E-state index in [9.17, 15) is 24.2 Å². The molecule has 0 bridgehead atoms. The van der Waals surface area contributed by atoms with E-state index in [2.05, 4.69) is 43.5 Å². The second kappa shape index (κ2) is 29.6. The van der Waals surface area contributed by atoms with Crippen LogP contribution in [0.25, 0.3) is 0 Å². The maximum atomic E-state index is 12.0. The topological polar surface area (TPSA) is 131 Å². The van der Waals surface area contributed by atoms with Gasteiger partial charge in [0.25, 0.3) is 0 Å². The Morgan fingerprint density at radius 2 is 1.33 bits per heavy atom. The average Bonchev–Trinajstić information content (AvgIpc) is 2.97. The lowest BCUT2D eigenvalue weighted by Gasteiger charge is -2.15. The van der Waals surface area contributed by atoms with Gasteiger partial charge in [0.1, 0.15) is 12.7 Å². The van der Waals surface area contributed by atoms with Gasteiger partial charge in [-0.1, -0.05) is 109 Å². The molecule has 2 atom stereocenters. The molecule has 9 nitrogen and oxygen atoms in total. The first-order valence-electron chi connectivity index (χ1n) is 16.3. The lowest BCUT2D eigenvalue weighted by Crippen LogP contribution is -2.27. The van der Waals surface area contributed by atoms with E-state index < -0.39 is 26.5 Å². The molecule has 0 rings (SSSR count). The second-order valence-electron chi connectivity index (χ2n) is 10.8. The number of aliphatic hydroxyl groups excluding tert-OH is 1. The summed E-state index contributed by atoms with van der Waals surface area (Å²) >= 11 is 0. The molecule has 1 amide bonds. The van der Waals surface area contributed by atoms with Crippen molar-refractivity contribution in [3.8, 4) is 0 Å². The minimum atomic E-state index is -4.40. The van der Waals surface area contributed by atoms with Crippen molar-refractivity contribution in [2.45, 2.75) is 142 Å². The first-order valence-corrected chi connectivity index (χ1v) is 17.8. The summed E-state index contributed by atoms with van der Waals surface area (Å²) in [6.45, 7) is 3.41. The van der Waals surface area contributed by atoms with Gasteiger partial charge in [-0.05, 0) is 38.5 Å². The summed E-state index contributed by atoms with van der Waals surface area (Å²) in [6.07, 6.45) is 26.9. The van der Waals surface area contributed by atoms with Gasteiger partial charge in [0.15, 0.2) is 0 Å². The van der Waals surface area contributed by atoms with E-state index in [0.29, 0.717) is 6.42 Å². The standard InChI is InChI=1S/C32H60NO8P/c1-3-5-7-9-11-13-14-15-16-17-19-21-23-25-32(36)39-28-30(34)29-41-42(37,38)40-27-26-33-31(35)24-22-20-18-12-10-8-6-4-2/h7,9,13-14,30,34H,3-6,8,10-12,15-29H2,1-2H3,(H,33,35)(H,37,38)/b9-7-,14-13-. The fourth-order valence-electron chi connectivity index (χ4n) is 4.12. The lowest BCUT2D eigenvalue weighted by atomic mass is 10.1. The normalized spacial score (nSPS) is 13.9. The van der Waals surface area contributed by atoms with Crippen LogP contribution in [-0.4, -0.2) is 54.3 Å². The van der Waals surface area contributed by atoms with Crippen LogP contribution in [0.3, 0.4) is 0 Å². The summed E-state index contributed by atoms with van der Waals surface area (Å²) in [5.74, 6) is -0.538. The van der Waals surface area contributed by atoms with Gasteiger partial charge in [-0.15, -0.1) is 0 Å². The predicted molar refractivity (Wildman–Crippen MR) is 169 cm³/mol. The fraction of sp³-hybridized carbons (Fsp3) is 0.812. The third kappa shape index (κ3) is 30.0. The van der Waals surface area contributed by atoms with Crippen molar-refractivity contribution in [2.24, 2.45) is 0 Å². The molecule has 0 aromatic heterocycles. The molecule has 0 spiro atoms. The number of carbonyl (C=O) groups excluding carboxylic acids is 2. The smallest absolute Gasteiger partial charge is 0.463 e. The molecule has 2 unspecified atom stereocenters. The molecular formula is C32H60NO8P. The lowest BCUT2D eigenvalue weighted by molar-refractivity contribution is -0.147. The highest BCUT2D eigenvalue weighted by Gasteiger charge is 2.23. The summed E-state index contributed by atoms with van der Waals surface area (Å²) < 4.78 is 26.6. The van der Waals surface area contributed by atoms with Crippen molar-refractivity contribution in [3.63, 3.8) is 0 Å². The molecule has 42 heavy (non-hydrogen) atoms. The molecule has 0 fully saturated rings. The Hall–Kier alpha value is -1.51. The zero-order valence-electron chi connectivity index (χ0n) is 26.4. The summed E-state index contributed by atoms with van der Waals surface area (Å²) in [6, 6.07) is 0. The van der Waals surface area contributed by atoms with Crippen molar-refractivity contribution in [1.82, 2.24) is 5.32 Å². The number of hydrogen-bond donors (Lipinski definition) is 3. The molecule has 0 aliphatic heterocycles. The molecule has 10 heteroatoms. The maximum absolute atomic E-state index is 12.0. The van der Waals surface area contributed by atoms with Crippen LogP contribution < -0.4 is 5.32 Å². The number of allylic oxidation sites excluding steroid dienone is 4. The van der Waals surface area contributed by atoms with E-state index in [-0.39, 0.29) is 32.1 Å². The minimum Gasteiger partial charge on any atom is -0.463 e. The molecule has 0 aliphatic carbocycles. The Morgan fingerprint density at radius 3 is 2.00 bits per heavy atom. The Bertz CT molecular complexity index is 759. The number of aliphatic hydroxyl groups is 1. The number of hydrogen-bond acceptors (Lipinski definition) is 7. The van der Waals surface area contributed by atoms with Crippen LogP contribution in [0.4, 0.5) is 0 Å². The van der Waals surface area contributed by atoms with Crippen molar-refractivity contribution < 1.29 is 37.9 Å². The number of unbranched alkanes of at least 4 members (excludes halogenated alkanes) is 13. The molecule has 246 valence electrons. The van der Waals surface area contributed by atoms with Crippen molar-refractivity contribution >= 4 is 19.7 Å². The highest BCUT2D eigenvalue weighted by Crippen LogP contribution is 2.42. The number of phosphoric ester groups is 1. The maximum Gasteiger partial charge on any atom is 0.472 e. The van der Waals surface area contributed by atoms with Gasteiger partial charge in [0.05, 0.1) is 13.2 Å². The van der Waals surface area contributed by atoms with Gasteiger partial charge < -0.3 is 20.1 Å². The van der Waals surface area contributed by atoms with Gasteiger partial charge >= 0.3 is 13.8 Å². The van der Waals surface area contributed by atoms with Crippen LogP contribution in [0.5, 0.6) is 0 Å². The highest BCUT2D eigenvalue weighted by atomic mass is 31.2. The summed E-state index contributed by atoms with van der Waals surface area (Å²) in [5.41, 5.74) is 0. The summed E-state index contributed by atoms with van der Waals surface area (Å²) in [5, 5.41) is 12.6. The van der Waals surface area contributed by atoms with E-state index in [1.165, 1.54) is 38.5 Å². The molecule has 0 radical (unpaired) electrons. The van der Waals surface area contributed by atoms with Crippen LogP contribution >= 0.6 is 7.82 Å². The predicted octanol–water partition coefficient (Wildman–Crippen LogP) is 7.70. The van der Waals surface area contributed by atoms with Gasteiger partial charge in [-0.3, -0.25) is 18.6 Å². The van der Waals surface area contributed by atoms with E-state index >= 15 is 0 Å². The van der Waals surface area contributed by atoms with E-state index in [0.717, 1.165) is 70.6 Å². The van der Waals surface area contributed by atoms with Crippen LogP contribution in [0.2, 0.25) is 0 Å². The van der Waals surface area contributed by atoms with E-state index in [1.807, 2.05) is 0 Å². The number of esters is 1. The quantitative estimate of drug-likeness (QED) is 0.0323. The second-order valence-corrected chi connectivity index (χ2v) is 12.2. The molecule has 0 aliphatic rings. The first kappa shape index (κ1) is 40.5. The number of ether oxygens (including phenoxy) is 1. The molecule has 0 heterocycles. The molecule has 0 saturated carbocycles. The Balaban J connectivity index is 3.68. The van der Waals surface area contributed by atoms with Gasteiger partial charge in [0.2, 0.25) is 5.91 Å². The molecule has 0 saturated heterocycles. The van der Waals surface area contributed by atoms with Gasteiger partial charge in [-0.2, -0.15) is 0 Å². The van der Waals surface area contributed by atoms with Crippen molar-refractivity contribution in [1.29, 1.82) is 0 Å². The van der Waals surface area contributed by atoms with E-state index in [4.69, 9.17) is 13.8 Å². The third-order valence-electron chi connectivity index (χ3n) is 6.62. The van der Waals surface area contributed by atoms with Crippen LogP contribution in [0, 0.1) is 0 Å². The zero-order valence-corrected chi connectivity index (χ0v) is 27.3. The number of nitrogens with one attached hydrogen (secondary N) is 1. The summed E-state index contributed by atoms with van der Waals surface area (Å²) in [4.78, 5) is 33.5. The molecule has 0 aromatic rings. The van der Waals surface area contributed by atoms with Crippen molar-refractivity contribution in [2.75, 3.05) is 26.4 Å². The number of carbonyl (C=O) groups is 2. The Morgan fingerprint density at radius 1 is 0.738 bits per heavy atom. The molecular weight excluding hydrogens is 557 g/mol.